The highest BCUT2D eigenvalue weighted by Crippen LogP contribution is 2.25. The number of ether oxygens (including phenoxy) is 1. The molecule has 0 unspecified atom stereocenters. The Kier molecular flexibility index (Phi) is 3.81. The maximum absolute atomic E-state index is 13.7. The minimum absolute atomic E-state index is 0.0209. The van der Waals surface area contributed by atoms with Crippen LogP contribution in [0.25, 0.3) is 10.2 Å². The number of hydrogen-bond donors (Lipinski definition) is 1. The lowest BCUT2D eigenvalue weighted by Crippen LogP contribution is -2.14. The molecule has 6 heteroatoms. The number of thiocarbonyl (C=S) groups is 1. The van der Waals surface area contributed by atoms with Gasteiger partial charge in [0, 0.05) is 0 Å². The summed E-state index contributed by atoms with van der Waals surface area (Å²) in [6.45, 7) is 0.248. The molecular formula is C15H11FN2OS2. The normalized spacial score (nSPS) is 10.7. The Hall–Kier alpha value is -2.05. The predicted octanol–water partition coefficient (Wildman–Crippen LogP) is 3.65. The summed E-state index contributed by atoms with van der Waals surface area (Å²) in [6.07, 6.45) is 0. The number of aromatic nitrogens is 1. The van der Waals surface area contributed by atoms with Gasteiger partial charge in [0.25, 0.3) is 0 Å². The number of halogens is 1. The van der Waals surface area contributed by atoms with Gasteiger partial charge in [-0.3, -0.25) is 0 Å². The number of rotatable bonds is 4. The van der Waals surface area contributed by atoms with Gasteiger partial charge < -0.3 is 10.5 Å². The van der Waals surface area contributed by atoms with Crippen LogP contribution in [0.1, 0.15) is 10.6 Å². The van der Waals surface area contributed by atoms with Crippen molar-refractivity contribution in [2.45, 2.75) is 6.61 Å². The van der Waals surface area contributed by atoms with Gasteiger partial charge in [0.15, 0.2) is 0 Å². The van der Waals surface area contributed by atoms with Crippen molar-refractivity contribution in [2.75, 3.05) is 0 Å². The molecular weight excluding hydrogens is 307 g/mol. The topological polar surface area (TPSA) is 48.1 Å². The number of fused-ring (bicyclic) bond motifs is 1. The van der Waals surface area contributed by atoms with E-state index in [9.17, 15) is 4.39 Å². The molecule has 1 heterocycles. The zero-order valence-electron chi connectivity index (χ0n) is 10.9. The summed E-state index contributed by atoms with van der Waals surface area (Å²) in [7, 11) is 0. The quantitative estimate of drug-likeness (QED) is 0.746. The first-order chi connectivity index (χ1) is 10.1. The van der Waals surface area contributed by atoms with E-state index in [0.29, 0.717) is 5.75 Å². The Morgan fingerprint density at radius 1 is 1.24 bits per heavy atom. The summed E-state index contributed by atoms with van der Waals surface area (Å²) < 4.78 is 20.5. The van der Waals surface area contributed by atoms with Gasteiger partial charge in [0.2, 0.25) is 0 Å². The molecule has 1 aromatic heterocycles. The molecule has 0 saturated carbocycles. The molecule has 21 heavy (non-hydrogen) atoms. The number of nitrogens with zero attached hydrogens (tertiary/aromatic N) is 1. The van der Waals surface area contributed by atoms with E-state index in [4.69, 9.17) is 22.7 Å². The summed E-state index contributed by atoms with van der Waals surface area (Å²) in [4.78, 5) is 4.44. The molecule has 3 aromatic rings. The van der Waals surface area contributed by atoms with Crippen LogP contribution in [0.15, 0.2) is 42.5 Å². The van der Waals surface area contributed by atoms with Crippen LogP contribution in [0.4, 0.5) is 4.39 Å². The summed E-state index contributed by atoms with van der Waals surface area (Å²) in [6, 6.07) is 12.3. The van der Waals surface area contributed by atoms with Crippen LogP contribution >= 0.6 is 23.6 Å². The molecule has 0 bridgehead atoms. The number of nitrogens with two attached hydrogens (primary N) is 1. The molecule has 2 aromatic carbocycles. The molecule has 0 spiro atoms. The molecule has 0 atom stereocenters. The molecule has 0 fully saturated rings. The van der Waals surface area contributed by atoms with Gasteiger partial charge in [-0.1, -0.05) is 30.4 Å². The zero-order chi connectivity index (χ0) is 14.8. The van der Waals surface area contributed by atoms with E-state index in [2.05, 4.69) is 4.98 Å². The van der Waals surface area contributed by atoms with Crippen molar-refractivity contribution in [3.63, 3.8) is 0 Å². The summed E-state index contributed by atoms with van der Waals surface area (Å²) in [5.41, 5.74) is 6.60. The maximum atomic E-state index is 13.7. The highest BCUT2D eigenvalue weighted by Gasteiger charge is 2.13. The van der Waals surface area contributed by atoms with Crippen LogP contribution in [0, 0.1) is 5.82 Å². The molecule has 0 aliphatic carbocycles. The van der Waals surface area contributed by atoms with Gasteiger partial charge in [0.1, 0.15) is 28.2 Å². The van der Waals surface area contributed by atoms with E-state index >= 15 is 0 Å². The van der Waals surface area contributed by atoms with Gasteiger partial charge in [-0.2, -0.15) is 0 Å². The fourth-order valence-corrected chi connectivity index (χ4v) is 3.06. The van der Waals surface area contributed by atoms with E-state index in [0.717, 1.165) is 15.2 Å². The molecule has 106 valence electrons. The Morgan fingerprint density at radius 3 is 2.81 bits per heavy atom. The van der Waals surface area contributed by atoms with Gasteiger partial charge in [-0.05, 0) is 24.3 Å². The standard InChI is InChI=1S/C15H11FN2OS2/c16-9-4-3-6-11(14(9)15(17)20)19-8-13-18-10-5-1-2-7-12(10)21-13/h1-7H,8H2,(H2,17,20). The molecule has 0 aliphatic rings. The Bertz CT molecular complexity index is 783. The average Bonchev–Trinajstić information content (AvgIpc) is 2.87. The SMILES string of the molecule is NC(=S)c1c(F)cccc1OCc1nc2ccccc2s1. The second-order valence-electron chi connectivity index (χ2n) is 4.34. The fourth-order valence-electron chi connectivity index (χ4n) is 1.98. The van der Waals surface area contributed by atoms with E-state index in [1.54, 1.807) is 23.5 Å². The highest BCUT2D eigenvalue weighted by atomic mass is 32.1. The summed E-state index contributed by atoms with van der Waals surface area (Å²) in [5, 5.41) is 0.814. The van der Waals surface area contributed by atoms with Crippen molar-refractivity contribution >= 4 is 38.8 Å². The van der Waals surface area contributed by atoms with Crippen LogP contribution < -0.4 is 10.5 Å². The van der Waals surface area contributed by atoms with Gasteiger partial charge in [-0.15, -0.1) is 11.3 Å². The van der Waals surface area contributed by atoms with E-state index in [1.807, 2.05) is 24.3 Å². The highest BCUT2D eigenvalue weighted by molar-refractivity contribution is 7.80. The van der Waals surface area contributed by atoms with Crippen molar-refractivity contribution in [1.82, 2.24) is 4.98 Å². The van der Waals surface area contributed by atoms with Crippen LogP contribution in [0.5, 0.6) is 5.75 Å². The largest absolute Gasteiger partial charge is 0.486 e. The summed E-state index contributed by atoms with van der Waals surface area (Å²) >= 11 is 6.41. The first-order valence-electron chi connectivity index (χ1n) is 6.20. The number of para-hydroxylation sites is 1. The minimum atomic E-state index is -0.482. The molecule has 0 radical (unpaired) electrons. The fraction of sp³-hybridized carbons (Fsp3) is 0.0667. The monoisotopic (exact) mass is 318 g/mol. The van der Waals surface area contributed by atoms with Gasteiger partial charge in [-0.25, -0.2) is 9.37 Å². The first-order valence-corrected chi connectivity index (χ1v) is 7.43. The second-order valence-corrected chi connectivity index (χ2v) is 5.90. The third-order valence-electron chi connectivity index (χ3n) is 2.91. The van der Waals surface area contributed by atoms with E-state index in [1.165, 1.54) is 6.07 Å². The van der Waals surface area contributed by atoms with Gasteiger partial charge in [0.05, 0.1) is 15.8 Å². The lowest BCUT2D eigenvalue weighted by Gasteiger charge is -2.09. The number of benzene rings is 2. The molecule has 3 nitrogen and oxygen atoms in total. The molecule has 0 amide bonds. The smallest absolute Gasteiger partial charge is 0.140 e. The van der Waals surface area contributed by atoms with Crippen molar-refractivity contribution in [2.24, 2.45) is 5.73 Å². The summed E-state index contributed by atoms with van der Waals surface area (Å²) in [5.74, 6) is -0.147. The lowest BCUT2D eigenvalue weighted by atomic mass is 10.2. The Morgan fingerprint density at radius 2 is 2.05 bits per heavy atom. The molecule has 2 N–H and O–H groups in total. The average molecular weight is 318 g/mol. The molecule has 0 aliphatic heterocycles. The number of thiazole rings is 1. The van der Waals surface area contributed by atoms with Gasteiger partial charge >= 0.3 is 0 Å². The van der Waals surface area contributed by atoms with Crippen LogP contribution in [-0.2, 0) is 6.61 Å². The zero-order valence-corrected chi connectivity index (χ0v) is 12.5. The van der Waals surface area contributed by atoms with E-state index < -0.39 is 5.82 Å². The first kappa shape index (κ1) is 13.9. The van der Waals surface area contributed by atoms with Crippen molar-refractivity contribution in [1.29, 1.82) is 0 Å². The second kappa shape index (κ2) is 5.75. The minimum Gasteiger partial charge on any atom is -0.486 e. The van der Waals surface area contributed by atoms with Crippen LogP contribution in [0.3, 0.4) is 0 Å². The van der Waals surface area contributed by atoms with Crippen LogP contribution in [-0.4, -0.2) is 9.97 Å². The van der Waals surface area contributed by atoms with Crippen molar-refractivity contribution in [3.8, 4) is 5.75 Å². The third-order valence-corrected chi connectivity index (χ3v) is 4.13. The third kappa shape index (κ3) is 2.86. The number of hydrogen-bond acceptors (Lipinski definition) is 4. The molecule has 0 saturated heterocycles. The van der Waals surface area contributed by atoms with Crippen molar-refractivity contribution in [3.05, 3.63) is 58.9 Å². The Balaban J connectivity index is 1.85. The molecule has 3 rings (SSSR count). The lowest BCUT2D eigenvalue weighted by molar-refractivity contribution is 0.303. The Labute approximate surface area is 130 Å². The van der Waals surface area contributed by atoms with Crippen LogP contribution in [0.2, 0.25) is 0 Å². The maximum Gasteiger partial charge on any atom is 0.140 e. The van der Waals surface area contributed by atoms with E-state index in [-0.39, 0.29) is 17.2 Å². The van der Waals surface area contributed by atoms with Crippen molar-refractivity contribution < 1.29 is 9.13 Å². The predicted molar refractivity (Wildman–Crippen MR) is 86.2 cm³/mol.